The van der Waals surface area contributed by atoms with Crippen LogP contribution in [0.2, 0.25) is 0 Å². The number of hydrogen-bond acceptors (Lipinski definition) is 2. The molecule has 0 rings (SSSR count). The molecule has 0 aliphatic rings. The van der Waals surface area contributed by atoms with Crippen LogP contribution in [0.15, 0.2) is 0 Å². The van der Waals surface area contributed by atoms with Gasteiger partial charge in [-0.2, -0.15) is 0 Å². The lowest BCUT2D eigenvalue weighted by molar-refractivity contribution is -0.144. The topological polar surface area (TPSA) is 26.3 Å². The van der Waals surface area contributed by atoms with Gasteiger partial charge < -0.3 is 4.74 Å². The van der Waals surface area contributed by atoms with E-state index in [0.717, 1.165) is 30.5 Å². The average Bonchev–Trinajstić information content (AvgIpc) is 2.63. The number of hydrogen-bond donors (Lipinski definition) is 0. The minimum atomic E-state index is -0.00386. The third-order valence-electron chi connectivity index (χ3n) is 3.85. The molecular formula is C22H47BrO2. The summed E-state index contributed by atoms with van der Waals surface area (Å²) in [6.07, 6.45) is 13.8. The van der Waals surface area contributed by atoms with Crippen LogP contribution in [0, 0.1) is 5.92 Å². The summed E-state index contributed by atoms with van der Waals surface area (Å²) in [5, 5.41) is 1.09. The number of halogens is 1. The molecule has 0 aliphatic carbocycles. The Morgan fingerprint density at radius 2 is 1.44 bits per heavy atom. The van der Waals surface area contributed by atoms with E-state index in [1.807, 2.05) is 13.8 Å². The molecule has 25 heavy (non-hydrogen) atoms. The molecule has 154 valence electrons. The first kappa shape index (κ1) is 29.7. The SMILES string of the molecule is CC.CCC.CCCCC(CC)CCOC(=O)CCCCCCCBr. The van der Waals surface area contributed by atoms with Gasteiger partial charge in [0.25, 0.3) is 0 Å². The van der Waals surface area contributed by atoms with E-state index in [0.29, 0.717) is 13.0 Å². The number of carbonyl (C=O) groups is 1. The molecule has 0 aromatic heterocycles. The molecule has 0 heterocycles. The zero-order chi connectivity index (χ0) is 19.8. The van der Waals surface area contributed by atoms with Crippen LogP contribution in [0.1, 0.15) is 119 Å². The second-order valence-electron chi connectivity index (χ2n) is 6.34. The molecule has 0 bridgehead atoms. The molecule has 1 atom stereocenters. The Morgan fingerprint density at radius 3 is 1.96 bits per heavy atom. The first-order valence-electron chi connectivity index (χ1n) is 10.9. The number of esters is 1. The smallest absolute Gasteiger partial charge is 0.305 e. The molecule has 0 aliphatic heterocycles. The number of alkyl halides is 1. The molecule has 0 radical (unpaired) electrons. The van der Waals surface area contributed by atoms with Crippen molar-refractivity contribution in [2.45, 2.75) is 119 Å². The molecule has 2 nitrogen and oxygen atoms in total. The van der Waals surface area contributed by atoms with Gasteiger partial charge in [-0.05, 0) is 25.2 Å². The minimum absolute atomic E-state index is 0.00386. The van der Waals surface area contributed by atoms with E-state index in [9.17, 15) is 4.79 Å². The standard InChI is InChI=1S/C17H33BrO2.C3H8.C2H6/c1-3-5-11-16(4-2)13-15-20-17(19)12-9-7-6-8-10-14-18;1-3-2;1-2/h16H,3-15H2,1-2H3;3H2,1-2H3;1-2H3. The number of unbranched alkanes of at least 4 members (excludes halogenated alkanes) is 5. The van der Waals surface area contributed by atoms with Gasteiger partial charge in [0.15, 0.2) is 0 Å². The third-order valence-corrected chi connectivity index (χ3v) is 4.41. The highest BCUT2D eigenvalue weighted by molar-refractivity contribution is 9.09. The summed E-state index contributed by atoms with van der Waals surface area (Å²) in [4.78, 5) is 11.6. The van der Waals surface area contributed by atoms with Gasteiger partial charge in [0, 0.05) is 11.8 Å². The van der Waals surface area contributed by atoms with Crippen LogP contribution in [0.5, 0.6) is 0 Å². The first-order valence-corrected chi connectivity index (χ1v) is 12.0. The van der Waals surface area contributed by atoms with Crippen molar-refractivity contribution >= 4 is 21.9 Å². The Bertz CT molecular complexity index is 232. The van der Waals surface area contributed by atoms with E-state index in [1.54, 1.807) is 0 Å². The molecule has 0 spiro atoms. The molecule has 3 heteroatoms. The Balaban J connectivity index is -0.000000866. The summed E-state index contributed by atoms with van der Waals surface area (Å²) < 4.78 is 5.34. The van der Waals surface area contributed by atoms with E-state index >= 15 is 0 Å². The Hall–Kier alpha value is -0.0500. The number of ether oxygens (including phenoxy) is 1. The highest BCUT2D eigenvalue weighted by atomic mass is 79.9. The molecule has 0 saturated carbocycles. The Kier molecular flexibility index (Phi) is 34.1. The molecular weight excluding hydrogens is 376 g/mol. The minimum Gasteiger partial charge on any atom is -0.466 e. The predicted octanol–water partition coefficient (Wildman–Crippen LogP) is 8.31. The van der Waals surface area contributed by atoms with Gasteiger partial charge >= 0.3 is 5.97 Å². The first-order chi connectivity index (χ1) is 12.2. The van der Waals surface area contributed by atoms with Crippen LogP contribution < -0.4 is 0 Å². The summed E-state index contributed by atoms with van der Waals surface area (Å²) in [5.41, 5.74) is 0. The average molecular weight is 424 g/mol. The van der Waals surface area contributed by atoms with Crippen molar-refractivity contribution in [2.75, 3.05) is 11.9 Å². The van der Waals surface area contributed by atoms with Gasteiger partial charge in [-0.3, -0.25) is 4.79 Å². The number of carbonyl (C=O) groups excluding carboxylic acids is 1. The van der Waals surface area contributed by atoms with E-state index < -0.39 is 0 Å². The van der Waals surface area contributed by atoms with Gasteiger partial charge in [0.05, 0.1) is 6.61 Å². The molecule has 0 aromatic rings. The van der Waals surface area contributed by atoms with Crippen molar-refractivity contribution in [3.8, 4) is 0 Å². The second kappa shape index (κ2) is 28.7. The molecule has 1 unspecified atom stereocenters. The van der Waals surface area contributed by atoms with Crippen LogP contribution in [-0.2, 0) is 9.53 Å². The van der Waals surface area contributed by atoms with Crippen molar-refractivity contribution in [3.05, 3.63) is 0 Å². The van der Waals surface area contributed by atoms with Gasteiger partial charge in [-0.15, -0.1) is 0 Å². The van der Waals surface area contributed by atoms with E-state index in [2.05, 4.69) is 43.6 Å². The van der Waals surface area contributed by atoms with Crippen LogP contribution in [0.3, 0.4) is 0 Å². The largest absolute Gasteiger partial charge is 0.466 e. The van der Waals surface area contributed by atoms with Crippen LogP contribution >= 0.6 is 15.9 Å². The molecule has 0 N–H and O–H groups in total. The summed E-state index contributed by atoms with van der Waals surface area (Å²) >= 11 is 3.43. The Labute approximate surface area is 168 Å². The van der Waals surface area contributed by atoms with Gasteiger partial charge in [-0.1, -0.05) is 109 Å². The molecule has 0 aromatic carbocycles. The summed E-state index contributed by atoms with van der Waals surface area (Å²) in [6.45, 7) is 13.3. The number of rotatable bonds is 14. The monoisotopic (exact) mass is 422 g/mol. The van der Waals surface area contributed by atoms with E-state index in [1.165, 1.54) is 51.4 Å². The quantitative estimate of drug-likeness (QED) is 0.159. The highest BCUT2D eigenvalue weighted by Crippen LogP contribution is 2.16. The maximum Gasteiger partial charge on any atom is 0.305 e. The maximum absolute atomic E-state index is 11.6. The summed E-state index contributed by atoms with van der Waals surface area (Å²) in [7, 11) is 0. The molecule has 0 saturated heterocycles. The zero-order valence-corrected chi connectivity index (χ0v) is 19.8. The fourth-order valence-corrected chi connectivity index (χ4v) is 2.75. The normalized spacial score (nSPS) is 10.8. The summed E-state index contributed by atoms with van der Waals surface area (Å²) in [6, 6.07) is 0. The van der Waals surface area contributed by atoms with Crippen molar-refractivity contribution in [1.82, 2.24) is 0 Å². The fourth-order valence-electron chi connectivity index (χ4n) is 2.35. The van der Waals surface area contributed by atoms with E-state index in [-0.39, 0.29) is 5.97 Å². The molecule has 0 amide bonds. The van der Waals surface area contributed by atoms with Gasteiger partial charge in [0.1, 0.15) is 0 Å². The van der Waals surface area contributed by atoms with Crippen molar-refractivity contribution < 1.29 is 9.53 Å². The molecule has 0 fully saturated rings. The van der Waals surface area contributed by atoms with Crippen molar-refractivity contribution in [3.63, 3.8) is 0 Å². The van der Waals surface area contributed by atoms with Crippen molar-refractivity contribution in [2.24, 2.45) is 5.92 Å². The van der Waals surface area contributed by atoms with Crippen molar-refractivity contribution in [1.29, 1.82) is 0 Å². The lowest BCUT2D eigenvalue weighted by Gasteiger charge is -2.14. The van der Waals surface area contributed by atoms with Crippen LogP contribution in [0.25, 0.3) is 0 Å². The van der Waals surface area contributed by atoms with Gasteiger partial charge in [0.2, 0.25) is 0 Å². The van der Waals surface area contributed by atoms with Crippen LogP contribution in [-0.4, -0.2) is 17.9 Å². The van der Waals surface area contributed by atoms with Gasteiger partial charge in [-0.25, -0.2) is 0 Å². The lowest BCUT2D eigenvalue weighted by Crippen LogP contribution is -2.09. The Morgan fingerprint density at radius 1 is 0.880 bits per heavy atom. The van der Waals surface area contributed by atoms with Crippen LogP contribution in [0.4, 0.5) is 0 Å². The zero-order valence-electron chi connectivity index (χ0n) is 18.2. The third kappa shape index (κ3) is 29.0. The summed E-state index contributed by atoms with van der Waals surface area (Å²) in [5.74, 6) is 0.725. The second-order valence-corrected chi connectivity index (χ2v) is 7.13. The predicted molar refractivity (Wildman–Crippen MR) is 118 cm³/mol. The van der Waals surface area contributed by atoms with E-state index in [4.69, 9.17) is 4.74 Å². The highest BCUT2D eigenvalue weighted by Gasteiger charge is 2.08. The maximum atomic E-state index is 11.6. The lowest BCUT2D eigenvalue weighted by atomic mass is 9.96. The fraction of sp³-hybridized carbons (Fsp3) is 0.955.